The van der Waals surface area contributed by atoms with Crippen molar-refractivity contribution in [2.75, 3.05) is 13.6 Å². The molecule has 1 saturated carbocycles. The second-order valence-corrected chi connectivity index (χ2v) is 6.18. The van der Waals surface area contributed by atoms with Gasteiger partial charge in [-0.25, -0.2) is 0 Å². The van der Waals surface area contributed by atoms with E-state index in [-0.39, 0.29) is 0 Å². The second kappa shape index (κ2) is 6.69. The van der Waals surface area contributed by atoms with E-state index in [0.29, 0.717) is 18.6 Å². The largest absolute Gasteiger partial charge is 0.329 e. The summed E-state index contributed by atoms with van der Waals surface area (Å²) < 4.78 is 1.13. The second-order valence-electron chi connectivity index (χ2n) is 5.26. The summed E-state index contributed by atoms with van der Waals surface area (Å²) in [6, 6.07) is 9.62. The molecule has 1 aliphatic rings. The minimum atomic E-state index is 0.348. The Labute approximate surface area is 119 Å². The Hall–Kier alpha value is -0.380. The van der Waals surface area contributed by atoms with Gasteiger partial charge in [-0.3, -0.25) is 4.90 Å². The number of hydrogen-bond donors (Lipinski definition) is 1. The van der Waals surface area contributed by atoms with Gasteiger partial charge in [0.15, 0.2) is 0 Å². The lowest BCUT2D eigenvalue weighted by atomic mass is 9.92. The van der Waals surface area contributed by atoms with Gasteiger partial charge in [0.2, 0.25) is 0 Å². The molecule has 0 bridgehead atoms. The molecule has 1 atom stereocenters. The molecule has 3 heteroatoms. The van der Waals surface area contributed by atoms with Gasteiger partial charge in [-0.2, -0.15) is 0 Å². The van der Waals surface area contributed by atoms with Crippen LogP contribution in [0, 0.1) is 0 Å². The highest BCUT2D eigenvalue weighted by Gasteiger charge is 2.24. The highest BCUT2D eigenvalue weighted by molar-refractivity contribution is 9.10. The van der Waals surface area contributed by atoms with Gasteiger partial charge < -0.3 is 5.73 Å². The molecule has 0 amide bonds. The van der Waals surface area contributed by atoms with Crippen LogP contribution in [0.4, 0.5) is 0 Å². The SMILES string of the molecule is CN(C1CCCCC1)C(CN)c1ccc(Br)cc1. The number of benzene rings is 1. The number of halogens is 1. The molecule has 100 valence electrons. The van der Waals surface area contributed by atoms with E-state index >= 15 is 0 Å². The zero-order chi connectivity index (χ0) is 13.0. The Morgan fingerprint density at radius 3 is 2.39 bits per heavy atom. The van der Waals surface area contributed by atoms with Crippen molar-refractivity contribution in [1.29, 1.82) is 0 Å². The van der Waals surface area contributed by atoms with Crippen LogP contribution in [-0.4, -0.2) is 24.5 Å². The first-order chi connectivity index (χ1) is 8.72. The quantitative estimate of drug-likeness (QED) is 0.918. The average molecular weight is 311 g/mol. The molecular weight excluding hydrogens is 288 g/mol. The average Bonchev–Trinajstić information content (AvgIpc) is 2.42. The standard InChI is InChI=1S/C15H23BrN2/c1-18(14-5-3-2-4-6-14)15(11-17)12-7-9-13(16)10-8-12/h7-10,14-15H,2-6,11,17H2,1H3. The maximum atomic E-state index is 6.00. The van der Waals surface area contributed by atoms with Crippen LogP contribution in [0.2, 0.25) is 0 Å². The molecule has 0 aromatic heterocycles. The first-order valence-electron chi connectivity index (χ1n) is 6.90. The van der Waals surface area contributed by atoms with Gasteiger partial charge in [-0.15, -0.1) is 0 Å². The lowest BCUT2D eigenvalue weighted by Gasteiger charge is -2.37. The van der Waals surface area contributed by atoms with E-state index in [9.17, 15) is 0 Å². The van der Waals surface area contributed by atoms with Crippen molar-refractivity contribution in [2.45, 2.75) is 44.2 Å². The molecule has 0 aliphatic heterocycles. The van der Waals surface area contributed by atoms with Crippen molar-refractivity contribution in [3.63, 3.8) is 0 Å². The van der Waals surface area contributed by atoms with Gasteiger partial charge in [0.05, 0.1) is 0 Å². The highest BCUT2D eigenvalue weighted by Crippen LogP contribution is 2.28. The maximum absolute atomic E-state index is 6.00. The third kappa shape index (κ3) is 3.34. The molecular formula is C15H23BrN2. The lowest BCUT2D eigenvalue weighted by molar-refractivity contribution is 0.141. The fourth-order valence-electron chi connectivity index (χ4n) is 2.97. The number of hydrogen-bond acceptors (Lipinski definition) is 2. The summed E-state index contributed by atoms with van der Waals surface area (Å²) in [6.07, 6.45) is 6.78. The molecule has 0 radical (unpaired) electrons. The molecule has 0 heterocycles. The minimum Gasteiger partial charge on any atom is -0.329 e. The van der Waals surface area contributed by atoms with Crippen molar-refractivity contribution in [1.82, 2.24) is 4.90 Å². The van der Waals surface area contributed by atoms with Crippen molar-refractivity contribution in [3.8, 4) is 0 Å². The van der Waals surface area contributed by atoms with E-state index in [1.165, 1.54) is 37.7 Å². The maximum Gasteiger partial charge on any atom is 0.0470 e. The summed E-state index contributed by atoms with van der Waals surface area (Å²) >= 11 is 3.49. The molecule has 1 fully saturated rings. The molecule has 1 aromatic rings. The Balaban J connectivity index is 2.09. The number of rotatable bonds is 4. The zero-order valence-corrected chi connectivity index (χ0v) is 12.7. The zero-order valence-electron chi connectivity index (χ0n) is 11.1. The first-order valence-corrected chi connectivity index (χ1v) is 7.69. The van der Waals surface area contributed by atoms with Crippen LogP contribution in [0.15, 0.2) is 28.7 Å². The minimum absolute atomic E-state index is 0.348. The summed E-state index contributed by atoms with van der Waals surface area (Å²) in [6.45, 7) is 0.689. The molecule has 2 N–H and O–H groups in total. The predicted octanol–water partition coefficient (Wildman–Crippen LogP) is 3.71. The van der Waals surface area contributed by atoms with Crippen molar-refractivity contribution in [2.24, 2.45) is 5.73 Å². The lowest BCUT2D eigenvalue weighted by Crippen LogP contribution is -2.39. The molecule has 0 saturated heterocycles. The van der Waals surface area contributed by atoms with Crippen LogP contribution in [0.25, 0.3) is 0 Å². The van der Waals surface area contributed by atoms with E-state index in [2.05, 4.69) is 52.1 Å². The van der Waals surface area contributed by atoms with Gasteiger partial charge in [0.1, 0.15) is 0 Å². The van der Waals surface area contributed by atoms with Crippen LogP contribution in [0.5, 0.6) is 0 Å². The Morgan fingerprint density at radius 1 is 1.22 bits per heavy atom. The number of likely N-dealkylation sites (N-methyl/N-ethyl adjacent to an activating group) is 1. The van der Waals surface area contributed by atoms with Gasteiger partial charge in [-0.05, 0) is 37.6 Å². The molecule has 1 aliphatic carbocycles. The normalized spacial score (nSPS) is 19.1. The van der Waals surface area contributed by atoms with Crippen LogP contribution < -0.4 is 5.73 Å². The van der Waals surface area contributed by atoms with Crippen LogP contribution >= 0.6 is 15.9 Å². The van der Waals surface area contributed by atoms with E-state index in [1.54, 1.807) is 0 Å². The fourth-order valence-corrected chi connectivity index (χ4v) is 3.23. The summed E-state index contributed by atoms with van der Waals surface area (Å²) in [5.41, 5.74) is 7.32. The van der Waals surface area contributed by atoms with Crippen LogP contribution in [0.3, 0.4) is 0 Å². The Bertz CT molecular complexity index is 357. The van der Waals surface area contributed by atoms with E-state index in [4.69, 9.17) is 5.73 Å². The highest BCUT2D eigenvalue weighted by atomic mass is 79.9. The van der Waals surface area contributed by atoms with E-state index < -0.39 is 0 Å². The molecule has 2 rings (SSSR count). The van der Waals surface area contributed by atoms with Gasteiger partial charge in [0.25, 0.3) is 0 Å². The molecule has 1 unspecified atom stereocenters. The van der Waals surface area contributed by atoms with E-state index in [0.717, 1.165) is 4.47 Å². The van der Waals surface area contributed by atoms with Crippen molar-refractivity contribution < 1.29 is 0 Å². The summed E-state index contributed by atoms with van der Waals surface area (Å²) in [7, 11) is 2.23. The predicted molar refractivity (Wildman–Crippen MR) is 80.6 cm³/mol. The van der Waals surface area contributed by atoms with Crippen LogP contribution in [0.1, 0.15) is 43.7 Å². The topological polar surface area (TPSA) is 29.3 Å². The number of nitrogens with zero attached hydrogens (tertiary/aromatic N) is 1. The van der Waals surface area contributed by atoms with Crippen LogP contribution in [-0.2, 0) is 0 Å². The summed E-state index contributed by atoms with van der Waals surface area (Å²) in [4.78, 5) is 2.49. The monoisotopic (exact) mass is 310 g/mol. The van der Waals surface area contributed by atoms with Crippen molar-refractivity contribution in [3.05, 3.63) is 34.3 Å². The Kier molecular flexibility index (Phi) is 5.22. The van der Waals surface area contributed by atoms with Gasteiger partial charge in [-0.1, -0.05) is 47.3 Å². The third-order valence-corrected chi connectivity index (χ3v) is 4.65. The Morgan fingerprint density at radius 2 is 1.83 bits per heavy atom. The van der Waals surface area contributed by atoms with Crippen molar-refractivity contribution >= 4 is 15.9 Å². The van der Waals surface area contributed by atoms with Gasteiger partial charge in [0, 0.05) is 23.1 Å². The van der Waals surface area contributed by atoms with Gasteiger partial charge >= 0.3 is 0 Å². The van der Waals surface area contributed by atoms with E-state index in [1.807, 2.05) is 0 Å². The fraction of sp³-hybridized carbons (Fsp3) is 0.600. The number of nitrogens with two attached hydrogens (primary N) is 1. The smallest absolute Gasteiger partial charge is 0.0470 e. The summed E-state index contributed by atoms with van der Waals surface area (Å²) in [5, 5.41) is 0. The molecule has 18 heavy (non-hydrogen) atoms. The molecule has 1 aromatic carbocycles. The molecule has 2 nitrogen and oxygen atoms in total. The third-order valence-electron chi connectivity index (χ3n) is 4.12. The summed E-state index contributed by atoms with van der Waals surface area (Å²) in [5.74, 6) is 0. The molecule has 0 spiro atoms. The first kappa shape index (κ1) is 14.0.